The summed E-state index contributed by atoms with van der Waals surface area (Å²) >= 11 is 0. The van der Waals surface area contributed by atoms with Gasteiger partial charge >= 0.3 is 0 Å². The van der Waals surface area contributed by atoms with Crippen LogP contribution in [0, 0.1) is 0 Å². The summed E-state index contributed by atoms with van der Waals surface area (Å²) in [6, 6.07) is 15.8. The molecule has 2 aromatic rings. The van der Waals surface area contributed by atoms with Gasteiger partial charge in [-0.1, -0.05) is 24.3 Å². The molecule has 0 fully saturated rings. The Hall–Kier alpha value is -2.04. The molecule has 1 unspecified atom stereocenters. The Labute approximate surface area is 145 Å². The summed E-state index contributed by atoms with van der Waals surface area (Å²) in [5, 5.41) is 0. The van der Waals surface area contributed by atoms with Gasteiger partial charge in [-0.2, -0.15) is 0 Å². The number of nitrogens with two attached hydrogens (primary N) is 1. The van der Waals surface area contributed by atoms with E-state index < -0.39 is 0 Å². The molecule has 128 valence electrons. The van der Waals surface area contributed by atoms with E-state index in [1.165, 1.54) is 28.1 Å². The molecule has 4 nitrogen and oxygen atoms in total. The average Bonchev–Trinajstić information content (AvgIpc) is 2.92. The van der Waals surface area contributed by atoms with Crippen LogP contribution in [0.3, 0.4) is 0 Å². The molecule has 0 saturated heterocycles. The SMILES string of the molecule is CN(C)Cc1ccc2c(c1)C(CN)N(c1cccc(N(C)C)c1)C2. The van der Waals surface area contributed by atoms with Crippen molar-refractivity contribution >= 4 is 11.4 Å². The van der Waals surface area contributed by atoms with Crippen LogP contribution in [0.2, 0.25) is 0 Å². The van der Waals surface area contributed by atoms with Gasteiger partial charge in [0, 0.05) is 45.1 Å². The number of hydrogen-bond donors (Lipinski definition) is 1. The lowest BCUT2D eigenvalue weighted by Crippen LogP contribution is -2.27. The first-order valence-electron chi connectivity index (χ1n) is 8.50. The van der Waals surface area contributed by atoms with Gasteiger partial charge in [0.15, 0.2) is 0 Å². The van der Waals surface area contributed by atoms with E-state index in [-0.39, 0.29) is 6.04 Å². The van der Waals surface area contributed by atoms with Crippen molar-refractivity contribution in [3.63, 3.8) is 0 Å². The van der Waals surface area contributed by atoms with Gasteiger partial charge in [-0.25, -0.2) is 0 Å². The maximum Gasteiger partial charge on any atom is 0.0672 e. The van der Waals surface area contributed by atoms with E-state index in [4.69, 9.17) is 5.73 Å². The average molecular weight is 324 g/mol. The van der Waals surface area contributed by atoms with Gasteiger partial charge in [0.1, 0.15) is 0 Å². The lowest BCUT2D eigenvalue weighted by molar-refractivity contribution is 0.402. The van der Waals surface area contributed by atoms with E-state index in [9.17, 15) is 0 Å². The fourth-order valence-corrected chi connectivity index (χ4v) is 3.50. The van der Waals surface area contributed by atoms with Crippen LogP contribution in [0.4, 0.5) is 11.4 Å². The predicted molar refractivity (Wildman–Crippen MR) is 103 cm³/mol. The molecule has 0 spiro atoms. The van der Waals surface area contributed by atoms with E-state index in [1.54, 1.807) is 0 Å². The molecule has 0 amide bonds. The second kappa shape index (κ2) is 6.83. The van der Waals surface area contributed by atoms with Crippen LogP contribution in [0.1, 0.15) is 22.7 Å². The molecule has 1 heterocycles. The van der Waals surface area contributed by atoms with Crippen molar-refractivity contribution in [1.82, 2.24) is 4.90 Å². The molecule has 2 N–H and O–H groups in total. The topological polar surface area (TPSA) is 35.7 Å². The van der Waals surface area contributed by atoms with Gasteiger partial charge in [0.25, 0.3) is 0 Å². The van der Waals surface area contributed by atoms with Gasteiger partial charge in [-0.15, -0.1) is 0 Å². The molecule has 0 aromatic heterocycles. The van der Waals surface area contributed by atoms with Gasteiger partial charge in [0.2, 0.25) is 0 Å². The maximum atomic E-state index is 6.16. The Bertz CT molecular complexity index is 709. The lowest BCUT2D eigenvalue weighted by atomic mass is 10.0. The minimum absolute atomic E-state index is 0.250. The normalized spacial score (nSPS) is 16.6. The van der Waals surface area contributed by atoms with E-state index in [0.29, 0.717) is 6.54 Å². The molecule has 1 aliphatic rings. The van der Waals surface area contributed by atoms with Gasteiger partial charge in [-0.3, -0.25) is 0 Å². The molecule has 4 heteroatoms. The molecular weight excluding hydrogens is 296 g/mol. The molecule has 24 heavy (non-hydrogen) atoms. The Balaban J connectivity index is 1.93. The summed E-state index contributed by atoms with van der Waals surface area (Å²) in [6.07, 6.45) is 0. The highest BCUT2D eigenvalue weighted by Gasteiger charge is 2.29. The molecule has 0 bridgehead atoms. The number of rotatable bonds is 5. The monoisotopic (exact) mass is 324 g/mol. The first-order chi connectivity index (χ1) is 11.5. The highest BCUT2D eigenvalue weighted by Crippen LogP contribution is 2.38. The quantitative estimate of drug-likeness (QED) is 0.917. The van der Waals surface area contributed by atoms with Crippen molar-refractivity contribution in [3.8, 4) is 0 Å². The van der Waals surface area contributed by atoms with Crippen LogP contribution < -0.4 is 15.5 Å². The van der Waals surface area contributed by atoms with Crippen LogP contribution >= 0.6 is 0 Å². The smallest absolute Gasteiger partial charge is 0.0672 e. The molecule has 2 aromatic carbocycles. The highest BCUT2D eigenvalue weighted by molar-refractivity contribution is 5.62. The second-order valence-corrected chi connectivity index (χ2v) is 7.06. The standard InChI is InChI=1S/C20H28N4/c1-22(2)13-15-8-9-16-14-24(20(12-21)19(16)10-15)18-7-5-6-17(11-18)23(3)4/h5-11,20H,12-14,21H2,1-4H3. The lowest BCUT2D eigenvalue weighted by Gasteiger charge is -2.27. The van der Waals surface area contributed by atoms with Gasteiger partial charge in [0.05, 0.1) is 6.04 Å². The van der Waals surface area contributed by atoms with E-state index in [0.717, 1.165) is 13.1 Å². The molecule has 0 radical (unpaired) electrons. The van der Waals surface area contributed by atoms with Crippen molar-refractivity contribution < 1.29 is 0 Å². The van der Waals surface area contributed by atoms with Gasteiger partial charge < -0.3 is 20.4 Å². The fraction of sp³-hybridized carbons (Fsp3) is 0.400. The first kappa shape index (κ1) is 16.8. The summed E-state index contributed by atoms with van der Waals surface area (Å²) in [5.41, 5.74) is 12.7. The molecular formula is C20H28N4. The van der Waals surface area contributed by atoms with E-state index >= 15 is 0 Å². The van der Waals surface area contributed by atoms with Crippen molar-refractivity contribution in [2.24, 2.45) is 5.73 Å². The molecule has 0 saturated carbocycles. The summed E-state index contributed by atoms with van der Waals surface area (Å²) in [7, 11) is 8.36. The second-order valence-electron chi connectivity index (χ2n) is 7.06. The Morgan fingerprint density at radius 3 is 2.54 bits per heavy atom. The zero-order valence-electron chi connectivity index (χ0n) is 15.2. The van der Waals surface area contributed by atoms with Crippen molar-refractivity contribution in [2.45, 2.75) is 19.1 Å². The molecule has 3 rings (SSSR count). The number of benzene rings is 2. The van der Waals surface area contributed by atoms with Crippen molar-refractivity contribution in [1.29, 1.82) is 0 Å². The number of hydrogen-bond acceptors (Lipinski definition) is 4. The molecule has 1 atom stereocenters. The van der Waals surface area contributed by atoms with E-state index in [2.05, 4.69) is 85.4 Å². The van der Waals surface area contributed by atoms with E-state index in [1.807, 2.05) is 0 Å². The Morgan fingerprint density at radius 2 is 1.88 bits per heavy atom. The summed E-state index contributed by atoms with van der Waals surface area (Å²) in [4.78, 5) is 6.77. The Kier molecular flexibility index (Phi) is 4.78. The number of nitrogens with zero attached hydrogens (tertiary/aromatic N) is 3. The van der Waals surface area contributed by atoms with Crippen molar-refractivity contribution in [2.75, 3.05) is 44.5 Å². The number of fused-ring (bicyclic) bond motifs is 1. The van der Waals surface area contributed by atoms with Crippen molar-refractivity contribution in [3.05, 3.63) is 59.2 Å². The van der Waals surface area contributed by atoms with Crippen LogP contribution in [0.25, 0.3) is 0 Å². The fourth-order valence-electron chi connectivity index (χ4n) is 3.50. The third-order valence-electron chi connectivity index (χ3n) is 4.69. The highest BCUT2D eigenvalue weighted by atomic mass is 15.2. The Morgan fingerprint density at radius 1 is 1.08 bits per heavy atom. The first-order valence-corrected chi connectivity index (χ1v) is 8.50. The largest absolute Gasteiger partial charge is 0.378 e. The van der Waals surface area contributed by atoms with Gasteiger partial charge in [-0.05, 0) is 49.0 Å². The van der Waals surface area contributed by atoms with Crippen LogP contribution in [-0.4, -0.2) is 39.6 Å². The summed E-state index contributed by atoms with van der Waals surface area (Å²) < 4.78 is 0. The zero-order valence-corrected chi connectivity index (χ0v) is 15.2. The third kappa shape index (κ3) is 3.25. The molecule has 0 aliphatic carbocycles. The van der Waals surface area contributed by atoms with Crippen LogP contribution in [0.5, 0.6) is 0 Å². The van der Waals surface area contributed by atoms with Crippen LogP contribution in [-0.2, 0) is 13.1 Å². The minimum atomic E-state index is 0.250. The van der Waals surface area contributed by atoms with Crippen LogP contribution in [0.15, 0.2) is 42.5 Å². The zero-order chi connectivity index (χ0) is 17.3. The minimum Gasteiger partial charge on any atom is -0.378 e. The molecule has 1 aliphatic heterocycles. The number of anilines is 2. The predicted octanol–water partition coefficient (Wildman–Crippen LogP) is 2.83. The third-order valence-corrected chi connectivity index (χ3v) is 4.69. The maximum absolute atomic E-state index is 6.16. The summed E-state index contributed by atoms with van der Waals surface area (Å²) in [6.45, 7) is 2.52. The summed E-state index contributed by atoms with van der Waals surface area (Å²) in [5.74, 6) is 0.